The third-order valence-corrected chi connectivity index (χ3v) is 3.97. The molecule has 0 aromatic heterocycles. The summed E-state index contributed by atoms with van der Waals surface area (Å²) in [6, 6.07) is 9.51. The standard InChI is InChI=1S/C19H25NO4/c1-16(21)24-15-20(13-12-17-8-4-2-5-9-17)19(22)23-14-18-10-6-3-7-11-18/h3,6-8,10-11H,2,4-5,9,12-15H2,1H3. The highest BCUT2D eigenvalue weighted by Gasteiger charge is 2.17. The van der Waals surface area contributed by atoms with E-state index in [1.54, 1.807) is 0 Å². The van der Waals surface area contributed by atoms with Gasteiger partial charge in [0.15, 0.2) is 6.73 Å². The molecule has 1 aliphatic carbocycles. The average Bonchev–Trinajstić information content (AvgIpc) is 2.61. The van der Waals surface area contributed by atoms with Gasteiger partial charge in [0, 0.05) is 13.5 Å². The zero-order valence-electron chi connectivity index (χ0n) is 14.2. The molecule has 0 fully saturated rings. The van der Waals surface area contributed by atoms with Crippen LogP contribution in [0.2, 0.25) is 0 Å². The summed E-state index contributed by atoms with van der Waals surface area (Å²) in [6.07, 6.45) is 7.22. The fourth-order valence-electron chi connectivity index (χ4n) is 2.60. The Kier molecular flexibility index (Phi) is 7.33. The van der Waals surface area contributed by atoms with Crippen molar-refractivity contribution < 1.29 is 19.1 Å². The molecule has 5 heteroatoms. The summed E-state index contributed by atoms with van der Waals surface area (Å²) >= 11 is 0. The van der Waals surface area contributed by atoms with Gasteiger partial charge in [-0.05, 0) is 37.7 Å². The molecule has 0 aliphatic heterocycles. The highest BCUT2D eigenvalue weighted by Crippen LogP contribution is 2.20. The number of carbonyl (C=O) groups excluding carboxylic acids is 2. The van der Waals surface area contributed by atoms with E-state index >= 15 is 0 Å². The van der Waals surface area contributed by atoms with Crippen molar-refractivity contribution in [3.8, 4) is 0 Å². The average molecular weight is 331 g/mol. The molecule has 2 rings (SSSR count). The van der Waals surface area contributed by atoms with Crippen LogP contribution in [0.1, 0.15) is 44.6 Å². The third kappa shape index (κ3) is 6.44. The van der Waals surface area contributed by atoms with Crippen LogP contribution in [-0.4, -0.2) is 30.2 Å². The summed E-state index contributed by atoms with van der Waals surface area (Å²) in [5.74, 6) is -0.409. The molecule has 5 nitrogen and oxygen atoms in total. The number of amides is 1. The fraction of sp³-hybridized carbons (Fsp3) is 0.474. The zero-order valence-corrected chi connectivity index (χ0v) is 14.2. The molecular formula is C19H25NO4. The topological polar surface area (TPSA) is 55.8 Å². The lowest BCUT2D eigenvalue weighted by molar-refractivity contribution is -0.144. The highest BCUT2D eigenvalue weighted by atomic mass is 16.6. The second-order valence-electron chi connectivity index (χ2n) is 5.93. The second-order valence-corrected chi connectivity index (χ2v) is 5.93. The molecular weight excluding hydrogens is 306 g/mol. The predicted molar refractivity (Wildman–Crippen MR) is 91.1 cm³/mol. The van der Waals surface area contributed by atoms with E-state index in [0.717, 1.165) is 24.8 Å². The number of rotatable bonds is 7. The maximum atomic E-state index is 12.3. The van der Waals surface area contributed by atoms with E-state index in [1.165, 1.54) is 30.2 Å². The molecule has 0 spiro atoms. The van der Waals surface area contributed by atoms with Crippen molar-refractivity contribution in [1.82, 2.24) is 4.90 Å². The van der Waals surface area contributed by atoms with Gasteiger partial charge in [-0.25, -0.2) is 4.79 Å². The number of benzene rings is 1. The van der Waals surface area contributed by atoms with Crippen molar-refractivity contribution in [2.75, 3.05) is 13.3 Å². The molecule has 0 unspecified atom stereocenters. The van der Waals surface area contributed by atoms with Crippen LogP contribution >= 0.6 is 0 Å². The van der Waals surface area contributed by atoms with Crippen molar-refractivity contribution in [3.63, 3.8) is 0 Å². The summed E-state index contributed by atoms with van der Waals surface area (Å²) in [6.45, 7) is 1.96. The monoisotopic (exact) mass is 331 g/mol. The van der Waals surface area contributed by atoms with Crippen LogP contribution in [0.15, 0.2) is 42.0 Å². The Morgan fingerprint density at radius 3 is 2.58 bits per heavy atom. The maximum absolute atomic E-state index is 12.3. The van der Waals surface area contributed by atoms with E-state index in [2.05, 4.69) is 6.08 Å². The lowest BCUT2D eigenvalue weighted by atomic mass is 9.97. The number of esters is 1. The van der Waals surface area contributed by atoms with E-state index in [4.69, 9.17) is 9.47 Å². The number of hydrogen-bond donors (Lipinski definition) is 0. The third-order valence-electron chi connectivity index (χ3n) is 3.97. The molecule has 0 radical (unpaired) electrons. The lowest BCUT2D eigenvalue weighted by Crippen LogP contribution is -2.35. The van der Waals surface area contributed by atoms with Crippen LogP contribution < -0.4 is 0 Å². The smallest absolute Gasteiger partial charge is 0.412 e. The Hall–Kier alpha value is -2.30. The van der Waals surface area contributed by atoms with E-state index in [0.29, 0.717) is 6.54 Å². The molecule has 1 amide bonds. The predicted octanol–water partition coefficient (Wildman–Crippen LogP) is 4.04. The van der Waals surface area contributed by atoms with Crippen LogP contribution in [0.5, 0.6) is 0 Å². The molecule has 1 aliphatic rings. The lowest BCUT2D eigenvalue weighted by Gasteiger charge is -2.23. The Morgan fingerprint density at radius 2 is 1.92 bits per heavy atom. The van der Waals surface area contributed by atoms with Crippen molar-refractivity contribution in [3.05, 3.63) is 47.5 Å². The van der Waals surface area contributed by atoms with E-state index < -0.39 is 12.1 Å². The summed E-state index contributed by atoms with van der Waals surface area (Å²) in [7, 11) is 0. The molecule has 1 aromatic carbocycles. The minimum absolute atomic E-state index is 0.0732. The van der Waals surface area contributed by atoms with Gasteiger partial charge in [0.25, 0.3) is 0 Å². The Labute approximate surface area is 143 Å². The molecule has 1 aromatic rings. The normalized spacial score (nSPS) is 13.8. The first-order chi connectivity index (χ1) is 11.6. The van der Waals surface area contributed by atoms with Crippen LogP contribution in [0, 0.1) is 0 Å². The van der Waals surface area contributed by atoms with Crippen LogP contribution in [0.4, 0.5) is 4.79 Å². The second kappa shape index (κ2) is 9.75. The molecule has 0 atom stereocenters. The Morgan fingerprint density at radius 1 is 1.12 bits per heavy atom. The fourth-order valence-corrected chi connectivity index (χ4v) is 2.60. The molecule has 24 heavy (non-hydrogen) atoms. The number of hydrogen-bond acceptors (Lipinski definition) is 4. The quantitative estimate of drug-likeness (QED) is 0.430. The maximum Gasteiger partial charge on any atom is 0.412 e. The number of nitrogens with zero attached hydrogens (tertiary/aromatic N) is 1. The van der Waals surface area contributed by atoms with E-state index in [-0.39, 0.29) is 13.3 Å². The van der Waals surface area contributed by atoms with Crippen molar-refractivity contribution >= 4 is 12.1 Å². The molecule has 0 bridgehead atoms. The number of allylic oxidation sites excluding steroid dienone is 1. The SMILES string of the molecule is CC(=O)OCN(CCC1=CCCCC1)C(=O)OCc1ccccc1. The summed E-state index contributed by atoms with van der Waals surface area (Å²) in [4.78, 5) is 24.8. The van der Waals surface area contributed by atoms with Crippen molar-refractivity contribution in [2.24, 2.45) is 0 Å². The van der Waals surface area contributed by atoms with Gasteiger partial charge in [0.1, 0.15) is 6.61 Å². The van der Waals surface area contributed by atoms with Crippen LogP contribution in [0.3, 0.4) is 0 Å². The first-order valence-electron chi connectivity index (χ1n) is 8.42. The molecule has 0 saturated carbocycles. The van der Waals surface area contributed by atoms with Gasteiger partial charge in [0.05, 0.1) is 0 Å². The van der Waals surface area contributed by atoms with E-state index in [9.17, 15) is 9.59 Å². The Bertz CT molecular complexity index is 568. The molecule has 0 N–H and O–H groups in total. The van der Waals surface area contributed by atoms with Gasteiger partial charge in [-0.1, -0.05) is 42.0 Å². The molecule has 0 heterocycles. The first-order valence-corrected chi connectivity index (χ1v) is 8.42. The summed E-state index contributed by atoms with van der Waals surface area (Å²) < 4.78 is 10.3. The molecule has 0 saturated heterocycles. The van der Waals surface area contributed by atoms with Gasteiger partial charge in [-0.2, -0.15) is 0 Å². The summed E-state index contributed by atoms with van der Waals surface area (Å²) in [5, 5.41) is 0. The molecule has 130 valence electrons. The summed E-state index contributed by atoms with van der Waals surface area (Å²) in [5.41, 5.74) is 2.29. The van der Waals surface area contributed by atoms with Gasteiger partial charge >= 0.3 is 12.1 Å². The highest BCUT2D eigenvalue weighted by molar-refractivity contribution is 5.69. The first kappa shape index (κ1) is 18.0. The van der Waals surface area contributed by atoms with Crippen molar-refractivity contribution in [2.45, 2.75) is 45.6 Å². The number of carbonyl (C=O) groups is 2. The van der Waals surface area contributed by atoms with Crippen LogP contribution in [-0.2, 0) is 20.9 Å². The number of ether oxygens (including phenoxy) is 2. The van der Waals surface area contributed by atoms with Gasteiger partial charge in [0.2, 0.25) is 0 Å². The van der Waals surface area contributed by atoms with Gasteiger partial charge in [-0.15, -0.1) is 0 Å². The van der Waals surface area contributed by atoms with Crippen molar-refractivity contribution in [1.29, 1.82) is 0 Å². The minimum Gasteiger partial charge on any atom is -0.444 e. The van der Waals surface area contributed by atoms with Gasteiger partial charge < -0.3 is 9.47 Å². The zero-order chi connectivity index (χ0) is 17.2. The van der Waals surface area contributed by atoms with Crippen LogP contribution in [0.25, 0.3) is 0 Å². The van der Waals surface area contributed by atoms with Gasteiger partial charge in [-0.3, -0.25) is 9.69 Å². The largest absolute Gasteiger partial charge is 0.444 e. The van der Waals surface area contributed by atoms with E-state index in [1.807, 2.05) is 30.3 Å². The Balaban J connectivity index is 1.86. The minimum atomic E-state index is -0.462.